The van der Waals surface area contributed by atoms with E-state index in [4.69, 9.17) is 4.74 Å². The van der Waals surface area contributed by atoms with E-state index in [9.17, 15) is 24.8 Å². The highest BCUT2D eigenvalue weighted by molar-refractivity contribution is 6.46. The second-order valence-electron chi connectivity index (χ2n) is 8.33. The van der Waals surface area contributed by atoms with Crippen molar-refractivity contribution in [2.45, 2.75) is 32.5 Å². The minimum Gasteiger partial charge on any atom is -0.507 e. The Bertz CT molecular complexity index is 1300. The molecule has 3 aromatic rings. The van der Waals surface area contributed by atoms with E-state index in [0.29, 0.717) is 22.4 Å². The summed E-state index contributed by atoms with van der Waals surface area (Å²) in [6.07, 6.45) is 3.11. The number of carbonyl (C=O) groups excluding carboxylic acids is 2. The smallest absolute Gasteiger partial charge is 0.295 e. The molecular weight excluding hydrogens is 450 g/mol. The van der Waals surface area contributed by atoms with Crippen LogP contribution in [-0.4, -0.2) is 37.7 Å². The van der Waals surface area contributed by atoms with Crippen LogP contribution in [0.1, 0.15) is 36.6 Å². The molecule has 1 atom stereocenters. The number of pyridine rings is 1. The monoisotopic (exact) mass is 473 g/mol. The van der Waals surface area contributed by atoms with Gasteiger partial charge in [-0.2, -0.15) is 0 Å². The van der Waals surface area contributed by atoms with Crippen LogP contribution in [0, 0.1) is 10.1 Å². The summed E-state index contributed by atoms with van der Waals surface area (Å²) >= 11 is 0. The van der Waals surface area contributed by atoms with Gasteiger partial charge in [-0.3, -0.25) is 24.7 Å². The van der Waals surface area contributed by atoms with Gasteiger partial charge in [0.15, 0.2) is 0 Å². The lowest BCUT2D eigenvalue weighted by Gasteiger charge is -2.25. The van der Waals surface area contributed by atoms with Gasteiger partial charge in [-0.15, -0.1) is 0 Å². The summed E-state index contributed by atoms with van der Waals surface area (Å²) in [5.41, 5.74) is 0.987. The van der Waals surface area contributed by atoms with Crippen molar-refractivity contribution in [3.63, 3.8) is 0 Å². The van der Waals surface area contributed by atoms with E-state index < -0.39 is 22.7 Å². The van der Waals surface area contributed by atoms with Gasteiger partial charge in [0.1, 0.15) is 11.5 Å². The second-order valence-corrected chi connectivity index (χ2v) is 8.33. The Morgan fingerprint density at radius 3 is 2.51 bits per heavy atom. The Labute approximate surface area is 201 Å². The minimum absolute atomic E-state index is 0.0315. The van der Waals surface area contributed by atoms with Crippen LogP contribution in [0.3, 0.4) is 0 Å². The van der Waals surface area contributed by atoms with Gasteiger partial charge < -0.3 is 14.7 Å². The van der Waals surface area contributed by atoms with Crippen LogP contribution in [0.2, 0.25) is 0 Å². The first-order chi connectivity index (χ1) is 16.8. The lowest BCUT2D eigenvalue weighted by Crippen LogP contribution is -2.29. The molecule has 0 saturated carbocycles. The first-order valence-corrected chi connectivity index (χ1v) is 10.9. The molecule has 0 aliphatic carbocycles. The number of hydrogen-bond acceptors (Lipinski definition) is 7. The summed E-state index contributed by atoms with van der Waals surface area (Å²) in [6.45, 7) is 3.80. The van der Waals surface area contributed by atoms with Gasteiger partial charge in [0.25, 0.3) is 17.4 Å². The minimum atomic E-state index is -1.03. The number of non-ortho nitro benzene ring substituents is 1. The summed E-state index contributed by atoms with van der Waals surface area (Å²) in [5.74, 6) is -1.47. The Kier molecular flexibility index (Phi) is 6.59. The van der Waals surface area contributed by atoms with E-state index in [1.807, 2.05) is 13.8 Å². The number of amides is 1. The van der Waals surface area contributed by atoms with Crippen molar-refractivity contribution in [1.82, 2.24) is 9.88 Å². The zero-order valence-electron chi connectivity index (χ0n) is 19.1. The van der Waals surface area contributed by atoms with Gasteiger partial charge in [-0.25, -0.2) is 0 Å². The maximum atomic E-state index is 13.2. The maximum Gasteiger partial charge on any atom is 0.295 e. The van der Waals surface area contributed by atoms with Crippen LogP contribution in [-0.2, 0) is 16.1 Å². The zero-order valence-corrected chi connectivity index (χ0v) is 19.1. The van der Waals surface area contributed by atoms with E-state index in [0.717, 1.165) is 0 Å². The second kappa shape index (κ2) is 9.76. The molecule has 4 rings (SSSR count). The predicted molar refractivity (Wildman–Crippen MR) is 127 cm³/mol. The molecule has 2 aromatic carbocycles. The summed E-state index contributed by atoms with van der Waals surface area (Å²) in [4.78, 5) is 42.4. The third-order valence-corrected chi connectivity index (χ3v) is 5.51. The van der Waals surface area contributed by atoms with Gasteiger partial charge >= 0.3 is 0 Å². The van der Waals surface area contributed by atoms with E-state index in [2.05, 4.69) is 4.98 Å². The molecule has 0 spiro atoms. The molecular formula is C26H23N3O6. The molecule has 0 radical (unpaired) electrons. The summed E-state index contributed by atoms with van der Waals surface area (Å²) in [5, 5.41) is 22.6. The van der Waals surface area contributed by atoms with Crippen molar-refractivity contribution >= 4 is 23.1 Å². The topological polar surface area (TPSA) is 123 Å². The molecule has 9 nitrogen and oxygen atoms in total. The van der Waals surface area contributed by atoms with Gasteiger partial charge in [0, 0.05) is 36.6 Å². The lowest BCUT2D eigenvalue weighted by atomic mass is 9.95. The van der Waals surface area contributed by atoms with Crippen LogP contribution in [0.25, 0.3) is 5.76 Å². The highest BCUT2D eigenvalue weighted by Gasteiger charge is 2.46. The highest BCUT2D eigenvalue weighted by Crippen LogP contribution is 2.41. The number of ketones is 1. The molecule has 35 heavy (non-hydrogen) atoms. The van der Waals surface area contributed by atoms with Gasteiger partial charge in [0.2, 0.25) is 0 Å². The maximum absolute atomic E-state index is 13.2. The number of aromatic nitrogens is 1. The number of nitrogens with zero attached hydrogens (tertiary/aromatic N) is 3. The fourth-order valence-electron chi connectivity index (χ4n) is 4.01. The number of benzene rings is 2. The van der Waals surface area contributed by atoms with Crippen LogP contribution >= 0.6 is 0 Å². The molecule has 2 heterocycles. The number of nitro groups is 1. The number of likely N-dealkylation sites (tertiary alicyclic amines) is 1. The van der Waals surface area contributed by atoms with Crippen molar-refractivity contribution in [2.24, 2.45) is 0 Å². The van der Waals surface area contributed by atoms with E-state index in [1.54, 1.807) is 54.9 Å². The summed E-state index contributed by atoms with van der Waals surface area (Å²) in [7, 11) is 0. The van der Waals surface area contributed by atoms with E-state index >= 15 is 0 Å². The number of aliphatic hydroxyl groups excluding tert-OH is 1. The van der Waals surface area contributed by atoms with Crippen molar-refractivity contribution in [2.75, 3.05) is 0 Å². The first-order valence-electron chi connectivity index (χ1n) is 10.9. The van der Waals surface area contributed by atoms with Crippen molar-refractivity contribution in [3.05, 3.63) is 105 Å². The zero-order chi connectivity index (χ0) is 25.1. The van der Waals surface area contributed by atoms with Crippen LogP contribution in [0.15, 0.2) is 78.6 Å². The highest BCUT2D eigenvalue weighted by atomic mass is 16.6. The summed E-state index contributed by atoms with van der Waals surface area (Å²) in [6, 6.07) is 14.6. The van der Waals surface area contributed by atoms with Gasteiger partial charge in [-0.05, 0) is 55.3 Å². The third kappa shape index (κ3) is 4.89. The van der Waals surface area contributed by atoms with Gasteiger partial charge in [-0.1, -0.05) is 18.2 Å². The Hall–Kier alpha value is -4.53. The molecule has 1 aromatic heterocycles. The Morgan fingerprint density at radius 1 is 1.14 bits per heavy atom. The van der Waals surface area contributed by atoms with Crippen molar-refractivity contribution < 1.29 is 24.4 Å². The SMILES string of the molecule is CC(C)Oc1ccc(/C(O)=C2/C(=O)C(=O)N(Cc3cccnc3)C2c2cccc([N+](=O)[O-])c2)cc1. The predicted octanol–water partition coefficient (Wildman–Crippen LogP) is 4.40. The number of hydrogen-bond donors (Lipinski definition) is 1. The number of rotatable bonds is 7. The molecule has 0 bridgehead atoms. The van der Waals surface area contributed by atoms with Crippen LogP contribution in [0.4, 0.5) is 5.69 Å². The fraction of sp³-hybridized carbons (Fsp3) is 0.192. The quantitative estimate of drug-likeness (QED) is 0.177. The largest absolute Gasteiger partial charge is 0.507 e. The van der Waals surface area contributed by atoms with E-state index in [-0.39, 0.29) is 29.7 Å². The molecule has 178 valence electrons. The summed E-state index contributed by atoms with van der Waals surface area (Å²) < 4.78 is 5.63. The van der Waals surface area contributed by atoms with Crippen LogP contribution < -0.4 is 4.74 Å². The Morgan fingerprint density at radius 2 is 1.89 bits per heavy atom. The van der Waals surface area contributed by atoms with Crippen LogP contribution in [0.5, 0.6) is 5.75 Å². The number of aliphatic hydroxyl groups is 1. The third-order valence-electron chi connectivity index (χ3n) is 5.51. The van der Waals surface area contributed by atoms with Crippen molar-refractivity contribution in [3.8, 4) is 5.75 Å². The average Bonchev–Trinajstić information content (AvgIpc) is 3.09. The molecule has 1 N–H and O–H groups in total. The standard InChI is InChI=1S/C26H23N3O6/c1-16(2)35-21-10-8-18(9-11-21)24(30)22-23(19-6-3-7-20(13-19)29(33)34)28(26(32)25(22)31)15-17-5-4-12-27-14-17/h3-14,16,23,30H,15H2,1-2H3/b24-22-. The molecule has 1 aliphatic rings. The van der Waals surface area contributed by atoms with Crippen molar-refractivity contribution in [1.29, 1.82) is 0 Å². The normalized spacial score (nSPS) is 17.1. The molecule has 1 fully saturated rings. The number of Topliss-reactive ketones (excluding diaryl/α,β-unsaturated/α-hetero) is 1. The molecule has 1 amide bonds. The molecule has 1 unspecified atom stereocenters. The number of carbonyl (C=O) groups is 2. The molecule has 1 saturated heterocycles. The number of nitro benzene ring substituents is 1. The fourth-order valence-corrected chi connectivity index (χ4v) is 4.01. The lowest BCUT2D eigenvalue weighted by molar-refractivity contribution is -0.384. The average molecular weight is 473 g/mol. The Balaban J connectivity index is 1.83. The van der Waals surface area contributed by atoms with Gasteiger partial charge in [0.05, 0.1) is 22.6 Å². The molecule has 9 heteroatoms. The number of ether oxygens (including phenoxy) is 1. The van der Waals surface area contributed by atoms with E-state index in [1.165, 1.54) is 23.1 Å². The first kappa shape index (κ1) is 23.6. The molecule has 1 aliphatic heterocycles.